The van der Waals surface area contributed by atoms with Crippen molar-refractivity contribution in [2.75, 3.05) is 6.54 Å². The Balaban J connectivity index is 1.47. The van der Waals surface area contributed by atoms with Gasteiger partial charge in [0.05, 0.1) is 12.2 Å². The van der Waals surface area contributed by atoms with Gasteiger partial charge in [0.15, 0.2) is 0 Å². The number of rotatable bonds is 5. The molecule has 0 saturated carbocycles. The van der Waals surface area contributed by atoms with Crippen molar-refractivity contribution in [3.63, 3.8) is 0 Å². The van der Waals surface area contributed by atoms with Crippen LogP contribution in [0.25, 0.3) is 0 Å². The Morgan fingerprint density at radius 1 is 1.27 bits per heavy atom. The lowest BCUT2D eigenvalue weighted by molar-refractivity contribution is -0.122. The van der Waals surface area contributed by atoms with Gasteiger partial charge in [0.2, 0.25) is 5.91 Å². The number of hydrogen-bond acceptors (Lipinski definition) is 4. The molecular formula is C17H20N4O. The van der Waals surface area contributed by atoms with E-state index in [-0.39, 0.29) is 11.9 Å². The summed E-state index contributed by atoms with van der Waals surface area (Å²) in [4.78, 5) is 22.6. The molecule has 0 bridgehead atoms. The maximum absolute atomic E-state index is 12.2. The van der Waals surface area contributed by atoms with E-state index in [2.05, 4.69) is 32.3 Å². The van der Waals surface area contributed by atoms with E-state index in [1.807, 2.05) is 19.1 Å². The Hall–Kier alpha value is -2.27. The Morgan fingerprint density at radius 3 is 2.64 bits per heavy atom. The largest absolute Gasteiger partial charge is 0.352 e. The van der Waals surface area contributed by atoms with Crippen LogP contribution >= 0.6 is 0 Å². The maximum atomic E-state index is 12.2. The van der Waals surface area contributed by atoms with Gasteiger partial charge in [-0.25, -0.2) is 0 Å². The second-order valence-electron chi connectivity index (χ2n) is 5.78. The quantitative estimate of drug-likeness (QED) is 0.909. The highest BCUT2D eigenvalue weighted by Crippen LogP contribution is 2.21. The molecule has 22 heavy (non-hydrogen) atoms. The predicted molar refractivity (Wildman–Crippen MR) is 83.9 cm³/mol. The number of carbonyl (C=O) groups excluding carboxylic acids is 1. The molecule has 0 spiro atoms. The molecule has 1 atom stereocenters. The smallest absolute Gasteiger partial charge is 0.234 e. The molecule has 114 valence electrons. The first kappa shape index (κ1) is 14.7. The maximum Gasteiger partial charge on any atom is 0.234 e. The third-order valence-corrected chi connectivity index (χ3v) is 3.81. The Kier molecular flexibility index (Phi) is 4.44. The van der Waals surface area contributed by atoms with Gasteiger partial charge in [0, 0.05) is 44.1 Å². The molecule has 1 aromatic carbocycles. The molecular weight excluding hydrogens is 276 g/mol. The van der Waals surface area contributed by atoms with Gasteiger partial charge < -0.3 is 5.32 Å². The van der Waals surface area contributed by atoms with Crippen molar-refractivity contribution >= 4 is 5.91 Å². The minimum atomic E-state index is 0.0502. The molecule has 0 fully saturated rings. The molecule has 1 aliphatic heterocycles. The van der Waals surface area contributed by atoms with Gasteiger partial charge in [-0.1, -0.05) is 24.3 Å². The number of hydrogen-bond donors (Lipinski definition) is 1. The van der Waals surface area contributed by atoms with E-state index >= 15 is 0 Å². The summed E-state index contributed by atoms with van der Waals surface area (Å²) in [6.07, 6.45) is 5.75. The number of nitrogens with one attached hydrogen (secondary N) is 1. The molecule has 0 saturated heterocycles. The van der Waals surface area contributed by atoms with E-state index in [9.17, 15) is 4.79 Å². The summed E-state index contributed by atoms with van der Waals surface area (Å²) in [5.74, 6) is 0.0594. The van der Waals surface area contributed by atoms with E-state index in [0.717, 1.165) is 18.8 Å². The average Bonchev–Trinajstić information content (AvgIpc) is 2.89. The number of amides is 1. The van der Waals surface area contributed by atoms with E-state index in [1.165, 1.54) is 11.1 Å². The molecule has 0 aliphatic carbocycles. The molecule has 0 unspecified atom stereocenters. The summed E-state index contributed by atoms with van der Waals surface area (Å²) in [6, 6.07) is 8.40. The molecule has 2 aromatic rings. The van der Waals surface area contributed by atoms with Gasteiger partial charge in [-0.2, -0.15) is 0 Å². The highest BCUT2D eigenvalue weighted by atomic mass is 16.2. The third-order valence-electron chi connectivity index (χ3n) is 3.81. The minimum Gasteiger partial charge on any atom is -0.352 e. The summed E-state index contributed by atoms with van der Waals surface area (Å²) in [7, 11) is 0. The second-order valence-corrected chi connectivity index (χ2v) is 5.78. The number of carbonyl (C=O) groups is 1. The van der Waals surface area contributed by atoms with E-state index in [0.29, 0.717) is 13.0 Å². The van der Waals surface area contributed by atoms with Crippen molar-refractivity contribution in [3.05, 3.63) is 59.7 Å². The molecule has 1 amide bonds. The lowest BCUT2D eigenvalue weighted by Crippen LogP contribution is -2.40. The minimum absolute atomic E-state index is 0.0502. The van der Waals surface area contributed by atoms with Crippen molar-refractivity contribution in [1.82, 2.24) is 20.2 Å². The lowest BCUT2D eigenvalue weighted by atomic mass is 10.1. The third kappa shape index (κ3) is 3.68. The number of nitrogens with zero attached hydrogens (tertiary/aromatic N) is 3. The fourth-order valence-electron chi connectivity index (χ4n) is 2.84. The standard InChI is InChI=1S/C17H20N4O/c1-13(8-16-9-18-6-7-19-16)20-17(22)12-21-10-14-4-2-3-5-15(14)11-21/h2-7,9,13H,8,10-12H2,1H3,(H,20,22)/t13-/m0/s1. The van der Waals surface area contributed by atoms with Crippen LogP contribution in [0.4, 0.5) is 0 Å². The summed E-state index contributed by atoms with van der Waals surface area (Å²) in [6.45, 7) is 4.12. The molecule has 1 aliphatic rings. The number of aromatic nitrogens is 2. The summed E-state index contributed by atoms with van der Waals surface area (Å²) in [5.41, 5.74) is 3.54. The molecule has 3 rings (SSSR count). The Bertz CT molecular complexity index is 619. The van der Waals surface area contributed by atoms with Crippen LogP contribution in [-0.4, -0.2) is 33.4 Å². The van der Waals surface area contributed by atoms with Crippen LogP contribution in [0.3, 0.4) is 0 Å². The molecule has 1 aromatic heterocycles. The van der Waals surface area contributed by atoms with Crippen LogP contribution in [-0.2, 0) is 24.3 Å². The van der Waals surface area contributed by atoms with Gasteiger partial charge in [-0.15, -0.1) is 0 Å². The summed E-state index contributed by atoms with van der Waals surface area (Å²) < 4.78 is 0. The number of fused-ring (bicyclic) bond motifs is 1. The fourth-order valence-corrected chi connectivity index (χ4v) is 2.84. The van der Waals surface area contributed by atoms with Crippen LogP contribution in [0.2, 0.25) is 0 Å². The highest BCUT2D eigenvalue weighted by Gasteiger charge is 2.20. The normalized spacial score (nSPS) is 15.3. The first-order valence-electron chi connectivity index (χ1n) is 7.54. The number of benzene rings is 1. The summed E-state index contributed by atoms with van der Waals surface area (Å²) >= 11 is 0. The van der Waals surface area contributed by atoms with Crippen LogP contribution in [0.15, 0.2) is 42.9 Å². The van der Waals surface area contributed by atoms with Crippen molar-refractivity contribution < 1.29 is 4.79 Å². The molecule has 0 radical (unpaired) electrons. The van der Waals surface area contributed by atoms with Crippen molar-refractivity contribution in [2.45, 2.75) is 32.5 Å². The Labute approximate surface area is 130 Å². The van der Waals surface area contributed by atoms with Gasteiger partial charge in [-0.3, -0.25) is 19.7 Å². The SMILES string of the molecule is C[C@@H](Cc1cnccn1)NC(=O)CN1Cc2ccccc2C1. The van der Waals surface area contributed by atoms with Gasteiger partial charge >= 0.3 is 0 Å². The summed E-state index contributed by atoms with van der Waals surface area (Å²) in [5, 5.41) is 3.03. The lowest BCUT2D eigenvalue weighted by Gasteiger charge is -2.17. The topological polar surface area (TPSA) is 58.1 Å². The zero-order valence-corrected chi connectivity index (χ0v) is 12.7. The molecule has 1 N–H and O–H groups in total. The first-order chi connectivity index (χ1) is 10.7. The van der Waals surface area contributed by atoms with Gasteiger partial charge in [0.25, 0.3) is 0 Å². The Morgan fingerprint density at radius 2 is 2.00 bits per heavy atom. The zero-order chi connectivity index (χ0) is 15.4. The van der Waals surface area contributed by atoms with E-state index in [4.69, 9.17) is 0 Å². The molecule has 5 nitrogen and oxygen atoms in total. The van der Waals surface area contributed by atoms with Crippen molar-refractivity contribution in [1.29, 1.82) is 0 Å². The van der Waals surface area contributed by atoms with Gasteiger partial charge in [0.1, 0.15) is 0 Å². The fraction of sp³-hybridized carbons (Fsp3) is 0.353. The highest BCUT2D eigenvalue weighted by molar-refractivity contribution is 5.78. The van der Waals surface area contributed by atoms with Crippen molar-refractivity contribution in [2.24, 2.45) is 0 Å². The predicted octanol–water partition coefficient (Wildman–Crippen LogP) is 1.54. The van der Waals surface area contributed by atoms with Crippen LogP contribution < -0.4 is 5.32 Å². The van der Waals surface area contributed by atoms with Crippen molar-refractivity contribution in [3.8, 4) is 0 Å². The van der Waals surface area contributed by atoms with Crippen LogP contribution in [0, 0.1) is 0 Å². The van der Waals surface area contributed by atoms with Gasteiger partial charge in [-0.05, 0) is 18.1 Å². The van der Waals surface area contributed by atoms with Crippen LogP contribution in [0.1, 0.15) is 23.7 Å². The zero-order valence-electron chi connectivity index (χ0n) is 12.7. The monoisotopic (exact) mass is 296 g/mol. The van der Waals surface area contributed by atoms with E-state index < -0.39 is 0 Å². The van der Waals surface area contributed by atoms with E-state index in [1.54, 1.807) is 18.6 Å². The van der Waals surface area contributed by atoms with Crippen LogP contribution in [0.5, 0.6) is 0 Å². The molecule has 2 heterocycles. The first-order valence-corrected chi connectivity index (χ1v) is 7.54. The second kappa shape index (κ2) is 6.66. The molecule has 5 heteroatoms. The average molecular weight is 296 g/mol.